The van der Waals surface area contributed by atoms with Crippen molar-refractivity contribution in [3.63, 3.8) is 0 Å². The number of rotatable bonds is 5. The van der Waals surface area contributed by atoms with Crippen LogP contribution in [-0.4, -0.2) is 22.7 Å². The molecule has 0 aliphatic carbocycles. The van der Waals surface area contributed by atoms with Crippen molar-refractivity contribution in [2.75, 3.05) is 11.9 Å². The zero-order valence-electron chi connectivity index (χ0n) is 9.65. The van der Waals surface area contributed by atoms with Gasteiger partial charge >= 0.3 is 0 Å². The van der Waals surface area contributed by atoms with Gasteiger partial charge < -0.3 is 5.32 Å². The summed E-state index contributed by atoms with van der Waals surface area (Å²) in [4.78, 5) is 22.1. The standard InChI is InChI=1S/C11H12BrClN2O3/c1-7(5-12)6-14-11(16)10-8(13)3-2-4-9(10)15(17)18/h2-4,7H,5-6H2,1H3,(H,14,16). The van der Waals surface area contributed by atoms with Gasteiger partial charge in [0.25, 0.3) is 11.6 Å². The van der Waals surface area contributed by atoms with Gasteiger partial charge in [-0.25, -0.2) is 0 Å². The Kier molecular flexibility index (Phi) is 5.55. The van der Waals surface area contributed by atoms with Crippen molar-refractivity contribution in [2.24, 2.45) is 5.92 Å². The molecule has 1 N–H and O–H groups in total. The Labute approximate surface area is 118 Å². The third-order valence-electron chi connectivity index (χ3n) is 2.29. The first-order valence-corrected chi connectivity index (χ1v) is 6.74. The molecule has 98 valence electrons. The monoisotopic (exact) mass is 334 g/mol. The second-order valence-electron chi connectivity index (χ2n) is 3.86. The van der Waals surface area contributed by atoms with Crippen LogP contribution in [0.1, 0.15) is 17.3 Å². The quantitative estimate of drug-likeness (QED) is 0.511. The lowest BCUT2D eigenvalue weighted by Gasteiger charge is -2.10. The molecular weight excluding hydrogens is 323 g/mol. The van der Waals surface area contributed by atoms with Crippen LogP contribution in [0.2, 0.25) is 5.02 Å². The van der Waals surface area contributed by atoms with E-state index in [-0.39, 0.29) is 22.2 Å². The molecule has 0 aromatic heterocycles. The van der Waals surface area contributed by atoms with Crippen LogP contribution < -0.4 is 5.32 Å². The molecule has 1 aromatic rings. The van der Waals surface area contributed by atoms with E-state index in [4.69, 9.17) is 11.6 Å². The molecule has 7 heteroatoms. The van der Waals surface area contributed by atoms with Crippen LogP contribution in [-0.2, 0) is 0 Å². The summed E-state index contributed by atoms with van der Waals surface area (Å²) in [6.07, 6.45) is 0. The first-order valence-electron chi connectivity index (χ1n) is 5.24. The van der Waals surface area contributed by atoms with Crippen LogP contribution in [0, 0.1) is 16.0 Å². The Morgan fingerprint density at radius 2 is 2.28 bits per heavy atom. The first-order chi connectivity index (χ1) is 8.47. The molecule has 1 atom stereocenters. The SMILES string of the molecule is CC(CBr)CNC(=O)c1c(Cl)cccc1[N+](=O)[O-]. The Morgan fingerprint density at radius 3 is 2.83 bits per heavy atom. The second-order valence-corrected chi connectivity index (χ2v) is 4.92. The normalized spacial score (nSPS) is 11.9. The summed E-state index contributed by atoms with van der Waals surface area (Å²) in [7, 11) is 0. The fraction of sp³-hybridized carbons (Fsp3) is 0.364. The van der Waals surface area contributed by atoms with Gasteiger partial charge in [0.15, 0.2) is 0 Å². The van der Waals surface area contributed by atoms with Crippen molar-refractivity contribution in [1.82, 2.24) is 5.32 Å². The van der Waals surface area contributed by atoms with Crippen molar-refractivity contribution < 1.29 is 9.72 Å². The van der Waals surface area contributed by atoms with E-state index in [1.54, 1.807) is 0 Å². The van der Waals surface area contributed by atoms with Crippen molar-refractivity contribution in [3.05, 3.63) is 38.9 Å². The highest BCUT2D eigenvalue weighted by Crippen LogP contribution is 2.25. The molecule has 0 fully saturated rings. The van der Waals surface area contributed by atoms with Gasteiger partial charge in [-0.15, -0.1) is 0 Å². The van der Waals surface area contributed by atoms with Gasteiger partial charge in [-0.05, 0) is 12.0 Å². The van der Waals surface area contributed by atoms with E-state index in [1.165, 1.54) is 18.2 Å². The summed E-state index contributed by atoms with van der Waals surface area (Å²) >= 11 is 9.13. The third kappa shape index (κ3) is 3.68. The fourth-order valence-corrected chi connectivity index (χ4v) is 1.78. The maximum Gasteiger partial charge on any atom is 0.283 e. The molecule has 0 heterocycles. The number of carbonyl (C=O) groups is 1. The second kappa shape index (κ2) is 6.70. The molecule has 1 unspecified atom stereocenters. The number of benzene rings is 1. The highest BCUT2D eigenvalue weighted by Gasteiger charge is 2.23. The number of nitrogens with zero attached hydrogens (tertiary/aromatic N) is 1. The number of hydrogen-bond acceptors (Lipinski definition) is 3. The number of hydrogen-bond donors (Lipinski definition) is 1. The smallest absolute Gasteiger partial charge is 0.283 e. The molecular formula is C11H12BrClN2O3. The van der Waals surface area contributed by atoms with E-state index in [9.17, 15) is 14.9 Å². The van der Waals surface area contributed by atoms with E-state index in [2.05, 4.69) is 21.2 Å². The molecule has 0 bridgehead atoms. The number of carbonyl (C=O) groups excluding carboxylic acids is 1. The summed E-state index contributed by atoms with van der Waals surface area (Å²) in [6.45, 7) is 2.36. The van der Waals surface area contributed by atoms with Crippen molar-refractivity contribution >= 4 is 39.1 Å². The Hall–Kier alpha value is -1.14. The van der Waals surface area contributed by atoms with E-state index in [0.717, 1.165) is 5.33 Å². The highest BCUT2D eigenvalue weighted by atomic mass is 79.9. The largest absolute Gasteiger partial charge is 0.351 e. The number of halogens is 2. The predicted octanol–water partition coefficient (Wildman–Crippen LogP) is 3.01. The lowest BCUT2D eigenvalue weighted by atomic mass is 10.1. The van der Waals surface area contributed by atoms with Gasteiger partial charge in [0, 0.05) is 17.9 Å². The maximum absolute atomic E-state index is 11.9. The number of alkyl halides is 1. The number of amides is 1. The molecule has 0 saturated carbocycles. The first kappa shape index (κ1) is 14.9. The molecule has 0 spiro atoms. The van der Waals surface area contributed by atoms with E-state index in [0.29, 0.717) is 6.54 Å². The van der Waals surface area contributed by atoms with Gasteiger partial charge in [-0.1, -0.05) is 40.5 Å². The van der Waals surface area contributed by atoms with Crippen LogP contribution in [0.15, 0.2) is 18.2 Å². The zero-order valence-corrected chi connectivity index (χ0v) is 12.0. The van der Waals surface area contributed by atoms with Crippen molar-refractivity contribution in [1.29, 1.82) is 0 Å². The van der Waals surface area contributed by atoms with Gasteiger partial charge in [0.1, 0.15) is 5.56 Å². The Balaban J connectivity index is 2.94. The van der Waals surface area contributed by atoms with Crippen molar-refractivity contribution in [2.45, 2.75) is 6.92 Å². The van der Waals surface area contributed by atoms with Gasteiger partial charge in [0.05, 0.1) is 9.95 Å². The van der Waals surface area contributed by atoms with E-state index in [1.807, 2.05) is 6.92 Å². The molecule has 1 aromatic carbocycles. The zero-order chi connectivity index (χ0) is 13.7. The molecule has 0 radical (unpaired) electrons. The average molecular weight is 336 g/mol. The molecule has 5 nitrogen and oxygen atoms in total. The fourth-order valence-electron chi connectivity index (χ4n) is 1.30. The number of nitrogens with one attached hydrogen (secondary N) is 1. The van der Waals surface area contributed by atoms with Crippen LogP contribution in [0.4, 0.5) is 5.69 Å². The van der Waals surface area contributed by atoms with Crippen LogP contribution in [0.5, 0.6) is 0 Å². The average Bonchev–Trinajstić information content (AvgIpc) is 2.34. The van der Waals surface area contributed by atoms with Gasteiger partial charge in [-0.2, -0.15) is 0 Å². The minimum atomic E-state index is -0.616. The summed E-state index contributed by atoms with van der Waals surface area (Å²) in [5, 5.41) is 14.3. The minimum absolute atomic E-state index is 0.0770. The Morgan fingerprint density at radius 1 is 1.61 bits per heavy atom. The van der Waals surface area contributed by atoms with E-state index >= 15 is 0 Å². The van der Waals surface area contributed by atoms with Gasteiger partial charge in [0.2, 0.25) is 0 Å². The summed E-state index contributed by atoms with van der Waals surface area (Å²) < 4.78 is 0. The summed E-state index contributed by atoms with van der Waals surface area (Å²) in [6, 6.07) is 4.16. The molecule has 0 saturated heterocycles. The topological polar surface area (TPSA) is 72.2 Å². The molecule has 1 amide bonds. The van der Waals surface area contributed by atoms with E-state index < -0.39 is 10.8 Å². The lowest BCUT2D eigenvalue weighted by molar-refractivity contribution is -0.385. The number of nitro benzene ring substituents is 1. The van der Waals surface area contributed by atoms with Crippen molar-refractivity contribution in [3.8, 4) is 0 Å². The van der Waals surface area contributed by atoms with Crippen LogP contribution in [0.3, 0.4) is 0 Å². The number of nitro groups is 1. The maximum atomic E-state index is 11.9. The Bertz CT molecular complexity index is 468. The summed E-state index contributed by atoms with van der Waals surface area (Å²) in [5.74, 6) is -0.296. The van der Waals surface area contributed by atoms with Crippen LogP contribution in [0.25, 0.3) is 0 Å². The molecule has 18 heavy (non-hydrogen) atoms. The summed E-state index contributed by atoms with van der Waals surface area (Å²) in [5.41, 5.74) is -0.377. The molecule has 0 aliphatic rings. The van der Waals surface area contributed by atoms with Crippen LogP contribution >= 0.6 is 27.5 Å². The molecule has 0 aliphatic heterocycles. The lowest BCUT2D eigenvalue weighted by Crippen LogP contribution is -2.29. The molecule has 1 rings (SSSR count). The third-order valence-corrected chi connectivity index (χ3v) is 3.71. The highest BCUT2D eigenvalue weighted by molar-refractivity contribution is 9.09. The predicted molar refractivity (Wildman–Crippen MR) is 73.4 cm³/mol. The van der Waals surface area contributed by atoms with Gasteiger partial charge in [-0.3, -0.25) is 14.9 Å². The minimum Gasteiger partial charge on any atom is -0.351 e.